The summed E-state index contributed by atoms with van der Waals surface area (Å²) < 4.78 is 47.1. The van der Waals surface area contributed by atoms with Gasteiger partial charge in [-0.05, 0) is 373 Å². The third-order valence-corrected chi connectivity index (χ3v) is 24.8. The summed E-state index contributed by atoms with van der Waals surface area (Å²) in [7, 11) is 19.6. The first-order chi connectivity index (χ1) is 70.2. The molecule has 33 heteroatoms. The SMILES string of the molecule is CCOc1cc(C(=O)Nc2ccc(Cl)c(C)c2)c(OCC)cc1C(=O)Nc1ccc(Cl)c(C)c1.CN(C)CCOc1ccccc1C(=O)Nc1ccccc1.Cc1cc(NC(=O)c2c(OCCN(C)C)cccc2OC2CCCC2)ccc1Cl.Cc1cc(NC(=O)c2cc(OCCN(C)C)c(C(=O)Nc3ccc(Cl)c(C)c3)c(OCCN(C)C)c2)ccc1Cl.Cc1cc(NC(=O)c2cccc(OCCN(C)C)c2)ccc1Cl. The van der Waals surface area contributed by atoms with Gasteiger partial charge >= 0.3 is 0 Å². The summed E-state index contributed by atoms with van der Waals surface area (Å²) in [6.45, 7) is 21.3. The Balaban J connectivity index is 0.000000208. The van der Waals surface area contributed by atoms with E-state index < -0.39 is 17.7 Å². The molecule has 0 bridgehead atoms. The van der Waals surface area contributed by atoms with E-state index in [1.165, 1.54) is 12.1 Å². The molecule has 0 atom stereocenters. The molecule has 12 aromatic carbocycles. The van der Waals surface area contributed by atoms with Crippen LogP contribution in [-0.2, 0) is 0 Å². The topological polar surface area (TPSA) is 294 Å². The van der Waals surface area contributed by atoms with E-state index in [-0.39, 0.29) is 75.0 Å². The molecule has 13 rings (SSSR count). The molecule has 0 unspecified atom stereocenters. The predicted molar refractivity (Wildman–Crippen MR) is 597 cm³/mol. The van der Waals surface area contributed by atoms with Gasteiger partial charge in [0.25, 0.3) is 41.4 Å². The maximum absolute atomic E-state index is 13.6. The first-order valence-corrected chi connectivity index (χ1v) is 50.3. The van der Waals surface area contributed by atoms with Crippen LogP contribution in [0.2, 0.25) is 30.1 Å². The van der Waals surface area contributed by atoms with E-state index in [1.807, 2.05) is 228 Å². The molecule has 1 saturated carbocycles. The van der Waals surface area contributed by atoms with Crippen LogP contribution in [0.4, 0.5) is 39.8 Å². The lowest BCUT2D eigenvalue weighted by Crippen LogP contribution is -2.23. The number of halogens is 6. The number of likely N-dealkylation sites (N-methyl/N-ethyl adjacent to an activating group) is 5. The third-order valence-electron chi connectivity index (χ3n) is 22.3. The monoisotopic (exact) mass is 2120 g/mol. The van der Waals surface area contributed by atoms with Crippen molar-refractivity contribution >= 4 is 151 Å². The highest BCUT2D eigenvalue weighted by molar-refractivity contribution is 6.33. The second-order valence-electron chi connectivity index (χ2n) is 35.8. The van der Waals surface area contributed by atoms with Gasteiger partial charge in [-0.25, -0.2) is 0 Å². The van der Waals surface area contributed by atoms with E-state index in [0.29, 0.717) is 158 Å². The number of hydrogen-bond acceptors (Lipinski definition) is 20. The molecule has 0 aromatic heterocycles. The fraction of sp³-hybridized carbons (Fsp3) is 0.307. The van der Waals surface area contributed by atoms with Crippen molar-refractivity contribution in [1.82, 2.24) is 24.5 Å². The molecule has 0 radical (unpaired) electrons. The maximum atomic E-state index is 13.6. The molecule has 147 heavy (non-hydrogen) atoms. The summed E-state index contributed by atoms with van der Waals surface area (Å²) in [6, 6.07) is 67.3. The van der Waals surface area contributed by atoms with Crippen LogP contribution in [0.3, 0.4) is 0 Å². The summed E-state index contributed by atoms with van der Waals surface area (Å²) in [5, 5.41) is 24.0. The van der Waals surface area contributed by atoms with E-state index in [1.54, 1.807) is 141 Å². The zero-order chi connectivity index (χ0) is 107. The fourth-order valence-corrected chi connectivity index (χ4v) is 14.9. The van der Waals surface area contributed by atoms with Gasteiger partial charge in [0.15, 0.2) is 0 Å². The smallest absolute Gasteiger partial charge is 0.263 e. The summed E-state index contributed by atoms with van der Waals surface area (Å²) in [5.41, 5.74) is 12.2. The van der Waals surface area contributed by atoms with Crippen molar-refractivity contribution < 1.29 is 71.5 Å². The second kappa shape index (κ2) is 59.6. The Kier molecular flexibility index (Phi) is 47.6. The standard InChI is InChI=1S/C30H36Cl2N4O4.C26H26Cl2N2O4.C23H29ClN2O3.C18H21ClN2O2.C17H20N2O2/c1-19-15-22(7-9-24(19)31)33-29(37)21-17-26(39-13-11-35(3)4)28(27(18-21)40-14-12-36(5)6)30(38)34-23-8-10-25(32)20(2)16-23;1-5-33-23-13-20(26(32)30-18-8-10-22(28)16(4)12-18)24(34-6-2)14-19(23)25(31)29-17-7-9-21(27)15(3)11-17;1-16-15-17(11-12-19(16)24)25-23(27)22-20(28-14-13-26(2)3)9-6-10-21(22)29-18-7-4-5-8-18;1-13-11-15(7-8-17(13)19)20-18(22)14-5-4-6-16(12-14)23-10-9-21(2)3;1-19(2)12-13-21-16-11-7-6-10-15(16)17(20)18-14-8-4-3-5-9-14/h7-10,15-18H,11-14H2,1-6H3,(H,33,37)(H,34,38);7-14H,5-6H2,1-4H3,(H,29,31)(H,30,32);6,9-12,15,18H,4-5,7-8,13-14H2,1-3H3,(H,25,27);4-8,11-12H,9-10H2,1-3H3,(H,20,22);3-11H,12-13H2,1-2H3,(H,18,20). The minimum Gasteiger partial charge on any atom is -0.493 e. The Morgan fingerprint density at radius 2 is 0.565 bits per heavy atom. The molecule has 7 amide bonds. The zero-order valence-corrected chi connectivity index (χ0v) is 91.0. The number of nitrogens with one attached hydrogen (secondary N) is 7. The van der Waals surface area contributed by atoms with Gasteiger partial charge in [-0.15, -0.1) is 0 Å². The Morgan fingerprint density at radius 3 is 0.939 bits per heavy atom. The van der Waals surface area contributed by atoms with Crippen molar-refractivity contribution in [2.75, 3.05) is 187 Å². The molecular formula is C114H132Cl6N12O15. The number of ether oxygens (including phenoxy) is 8. The number of carbonyl (C=O) groups excluding carboxylic acids is 7. The lowest BCUT2D eigenvalue weighted by Gasteiger charge is -2.20. The normalized spacial score (nSPS) is 11.4. The number of carbonyl (C=O) groups is 7. The molecule has 0 aliphatic heterocycles. The Hall–Kier alpha value is -13.1. The van der Waals surface area contributed by atoms with Gasteiger partial charge in [0.05, 0.1) is 36.0 Å². The quantitative estimate of drug-likeness (QED) is 0.0188. The summed E-state index contributed by atoms with van der Waals surface area (Å²) in [6.07, 6.45) is 4.51. The van der Waals surface area contributed by atoms with E-state index in [4.69, 9.17) is 108 Å². The number of benzene rings is 12. The predicted octanol–water partition coefficient (Wildman–Crippen LogP) is 24.8. The average Bonchev–Trinajstić information content (AvgIpc) is 1.63. The van der Waals surface area contributed by atoms with E-state index in [2.05, 4.69) is 37.2 Å². The summed E-state index contributed by atoms with van der Waals surface area (Å²) >= 11 is 36.6. The number of aryl methyl sites for hydroxylation is 6. The van der Waals surface area contributed by atoms with Gasteiger partial charge in [0.2, 0.25) is 0 Å². The highest BCUT2D eigenvalue weighted by Crippen LogP contribution is 2.39. The van der Waals surface area contributed by atoms with Crippen molar-refractivity contribution in [3.63, 3.8) is 0 Å². The first kappa shape index (κ1) is 117. The molecular weight excluding hydrogens is 1990 g/mol. The lowest BCUT2D eigenvalue weighted by molar-refractivity contribution is 0.100. The molecule has 1 fully saturated rings. The molecule has 12 aromatic rings. The first-order valence-electron chi connectivity index (χ1n) is 48.0. The molecule has 780 valence electrons. The Bertz CT molecular complexity index is 6320. The highest BCUT2D eigenvalue weighted by atomic mass is 35.5. The van der Waals surface area contributed by atoms with Gasteiger partial charge in [-0.2, -0.15) is 0 Å². The van der Waals surface area contributed by atoms with Crippen LogP contribution in [0.5, 0.6) is 46.0 Å². The Morgan fingerprint density at radius 1 is 0.265 bits per heavy atom. The minimum absolute atomic E-state index is 0.149. The lowest BCUT2D eigenvalue weighted by atomic mass is 10.1. The van der Waals surface area contributed by atoms with Gasteiger partial charge in [0, 0.05) is 114 Å². The fourth-order valence-electron chi connectivity index (χ4n) is 14.2. The van der Waals surface area contributed by atoms with Crippen LogP contribution in [0.15, 0.2) is 231 Å². The van der Waals surface area contributed by atoms with E-state index in [9.17, 15) is 33.6 Å². The van der Waals surface area contributed by atoms with Crippen molar-refractivity contribution in [2.24, 2.45) is 0 Å². The number of nitrogens with zero attached hydrogens (tertiary/aromatic N) is 5. The van der Waals surface area contributed by atoms with Crippen LogP contribution < -0.4 is 75.1 Å². The number of rotatable bonds is 40. The van der Waals surface area contributed by atoms with Crippen molar-refractivity contribution in [3.8, 4) is 46.0 Å². The van der Waals surface area contributed by atoms with Gasteiger partial charge in [-0.3, -0.25) is 33.6 Å². The number of anilines is 7. The second-order valence-corrected chi connectivity index (χ2v) is 38.3. The van der Waals surface area contributed by atoms with Crippen LogP contribution in [-0.4, -0.2) is 221 Å². The highest BCUT2D eigenvalue weighted by Gasteiger charge is 2.29. The van der Waals surface area contributed by atoms with Crippen LogP contribution in [0.1, 0.15) is 145 Å². The van der Waals surface area contributed by atoms with Gasteiger partial charge in [-0.1, -0.05) is 112 Å². The van der Waals surface area contributed by atoms with E-state index >= 15 is 0 Å². The van der Waals surface area contributed by atoms with Crippen LogP contribution >= 0.6 is 69.6 Å². The minimum atomic E-state index is -0.429. The maximum Gasteiger partial charge on any atom is 0.263 e. The number of hydrogen-bond donors (Lipinski definition) is 7. The van der Waals surface area contributed by atoms with Gasteiger partial charge < -0.3 is 99.6 Å². The van der Waals surface area contributed by atoms with Crippen molar-refractivity contribution in [2.45, 2.75) is 87.2 Å². The van der Waals surface area contributed by atoms with Crippen molar-refractivity contribution in [1.29, 1.82) is 0 Å². The number of amides is 7. The van der Waals surface area contributed by atoms with Crippen molar-refractivity contribution in [3.05, 3.63) is 333 Å². The zero-order valence-electron chi connectivity index (χ0n) is 86.5. The van der Waals surface area contributed by atoms with E-state index in [0.717, 1.165) is 90.1 Å². The summed E-state index contributed by atoms with van der Waals surface area (Å²) in [5.74, 6) is 1.23. The Labute approximate surface area is 893 Å². The third kappa shape index (κ3) is 38.6. The largest absolute Gasteiger partial charge is 0.493 e. The van der Waals surface area contributed by atoms with Crippen LogP contribution in [0, 0.1) is 41.5 Å². The summed E-state index contributed by atoms with van der Waals surface area (Å²) in [4.78, 5) is 101. The molecule has 0 heterocycles. The molecule has 7 N–H and O–H groups in total. The molecule has 0 spiro atoms. The molecule has 1 aliphatic rings. The van der Waals surface area contributed by atoms with Gasteiger partial charge in [0.1, 0.15) is 90.2 Å². The molecule has 1 aliphatic carbocycles. The molecule has 0 saturated heterocycles. The average molecular weight is 2120 g/mol. The number of para-hydroxylation sites is 2. The molecule has 27 nitrogen and oxygen atoms in total. The van der Waals surface area contributed by atoms with Crippen LogP contribution in [0.25, 0.3) is 0 Å².